The molecule has 86 valence electrons. The normalized spacial score (nSPS) is 20.6. The molecule has 1 N–H and O–H groups in total. The molecule has 2 heterocycles. The minimum absolute atomic E-state index is 0.836. The summed E-state index contributed by atoms with van der Waals surface area (Å²) in [6.07, 6.45) is 0. The number of allylic oxidation sites excluding steroid dienone is 2. The fourth-order valence-electron chi connectivity index (χ4n) is 1.09. The molecule has 2 aliphatic heterocycles. The molecule has 0 aliphatic carbocycles. The molecular weight excluding hydrogens is 294 g/mol. The lowest BCUT2D eigenvalue weighted by molar-refractivity contribution is 1.21. The zero-order chi connectivity index (χ0) is 11.7. The minimum atomic E-state index is 0.836. The van der Waals surface area contributed by atoms with Gasteiger partial charge in [-0.05, 0) is 29.1 Å². The second kappa shape index (κ2) is 5.44. The molecule has 0 saturated heterocycles. The van der Waals surface area contributed by atoms with Crippen molar-refractivity contribution in [1.29, 1.82) is 0 Å². The first-order valence-electron chi connectivity index (χ1n) is 4.66. The fourth-order valence-corrected chi connectivity index (χ4v) is 6.42. The smallest absolute Gasteiger partial charge is 0.113 e. The molecule has 0 unspecified atom stereocenters. The third-order valence-corrected chi connectivity index (χ3v) is 8.17. The maximum Gasteiger partial charge on any atom is 0.113 e. The van der Waals surface area contributed by atoms with Crippen LogP contribution in [-0.4, -0.2) is 12.0 Å². The summed E-state index contributed by atoms with van der Waals surface area (Å²) < 4.78 is 2.76. The number of likely N-dealkylation sites (N-methyl/N-ethyl adjacent to an activating group) is 1. The Balaban J connectivity index is 2.08. The van der Waals surface area contributed by atoms with Crippen LogP contribution in [0.5, 0.6) is 0 Å². The van der Waals surface area contributed by atoms with Crippen molar-refractivity contribution in [3.63, 3.8) is 0 Å². The van der Waals surface area contributed by atoms with E-state index in [4.69, 9.17) is 12.2 Å². The van der Waals surface area contributed by atoms with E-state index in [0.717, 1.165) is 9.89 Å². The summed E-state index contributed by atoms with van der Waals surface area (Å²) in [5, 5.41) is 5.15. The summed E-state index contributed by atoms with van der Waals surface area (Å²) in [6, 6.07) is 0. The molecule has 0 spiro atoms. The lowest BCUT2D eigenvalue weighted by Gasteiger charge is -2.03. The fraction of sp³-hybridized carbons (Fsp3) is 0.300. The highest BCUT2D eigenvalue weighted by atomic mass is 32.2. The highest BCUT2D eigenvalue weighted by Crippen LogP contribution is 2.57. The third kappa shape index (κ3) is 2.67. The van der Waals surface area contributed by atoms with Gasteiger partial charge in [-0.3, -0.25) is 0 Å². The van der Waals surface area contributed by atoms with Crippen LogP contribution >= 0.6 is 59.3 Å². The van der Waals surface area contributed by atoms with Gasteiger partial charge < -0.3 is 5.32 Å². The second-order valence-electron chi connectivity index (χ2n) is 3.17. The minimum Gasteiger partial charge on any atom is -0.378 e. The molecule has 0 atom stereocenters. The summed E-state index contributed by atoms with van der Waals surface area (Å²) in [6.45, 7) is 4.36. The van der Waals surface area contributed by atoms with Crippen LogP contribution in [0.25, 0.3) is 0 Å². The summed E-state index contributed by atoms with van der Waals surface area (Å²) in [5.74, 6) is 0. The summed E-state index contributed by atoms with van der Waals surface area (Å²) in [7, 11) is 1.87. The molecule has 0 saturated carbocycles. The van der Waals surface area contributed by atoms with E-state index in [0.29, 0.717) is 0 Å². The van der Waals surface area contributed by atoms with Crippen molar-refractivity contribution in [3.8, 4) is 0 Å². The van der Waals surface area contributed by atoms with Gasteiger partial charge >= 0.3 is 0 Å². The molecule has 0 aromatic heterocycles. The Morgan fingerprint density at radius 1 is 1.12 bits per heavy atom. The van der Waals surface area contributed by atoms with Gasteiger partial charge in [0.25, 0.3) is 0 Å². The van der Waals surface area contributed by atoms with E-state index in [-0.39, 0.29) is 0 Å². The van der Waals surface area contributed by atoms with Crippen LogP contribution in [0.4, 0.5) is 0 Å². The number of thioether (sulfide) groups is 4. The Labute approximate surface area is 118 Å². The molecule has 2 rings (SSSR count). The maximum absolute atomic E-state index is 5.23. The predicted molar refractivity (Wildman–Crippen MR) is 85.5 cm³/mol. The summed E-state index contributed by atoms with van der Waals surface area (Å²) in [5.41, 5.74) is 0. The largest absolute Gasteiger partial charge is 0.378 e. The molecule has 1 nitrogen and oxygen atoms in total. The molecule has 16 heavy (non-hydrogen) atoms. The van der Waals surface area contributed by atoms with Gasteiger partial charge in [-0.1, -0.05) is 59.3 Å². The van der Waals surface area contributed by atoms with Gasteiger partial charge in [-0.15, -0.1) is 0 Å². The van der Waals surface area contributed by atoms with Gasteiger partial charge in [0.15, 0.2) is 0 Å². The van der Waals surface area contributed by atoms with Crippen LogP contribution in [0.3, 0.4) is 0 Å². The first kappa shape index (κ1) is 13.0. The lowest BCUT2D eigenvalue weighted by Crippen LogP contribution is -2.15. The van der Waals surface area contributed by atoms with E-state index in [1.165, 1.54) is 18.3 Å². The number of hydrogen-bond donors (Lipinski definition) is 1. The van der Waals surface area contributed by atoms with Crippen molar-refractivity contribution in [2.45, 2.75) is 13.8 Å². The molecule has 0 aromatic rings. The average Bonchev–Trinajstić information content (AvgIpc) is 2.86. The zero-order valence-corrected chi connectivity index (χ0v) is 13.2. The van der Waals surface area contributed by atoms with Crippen LogP contribution in [0, 0.1) is 0 Å². The van der Waals surface area contributed by atoms with Gasteiger partial charge in [0, 0.05) is 7.05 Å². The zero-order valence-electron chi connectivity index (χ0n) is 9.12. The molecule has 2 aliphatic rings. The van der Waals surface area contributed by atoms with Crippen molar-refractivity contribution in [3.05, 3.63) is 28.6 Å². The lowest BCUT2D eigenvalue weighted by atomic mass is 10.6. The molecule has 0 fully saturated rings. The topological polar surface area (TPSA) is 12.0 Å². The molecule has 6 heteroatoms. The molecular formula is C10H11NS5. The molecule has 0 amide bonds. The third-order valence-electron chi connectivity index (χ3n) is 2.08. The van der Waals surface area contributed by atoms with E-state index in [9.17, 15) is 0 Å². The van der Waals surface area contributed by atoms with Gasteiger partial charge in [-0.2, -0.15) is 0 Å². The first-order chi connectivity index (χ1) is 7.61. The average molecular weight is 306 g/mol. The molecule has 0 aromatic carbocycles. The SMILES string of the molecule is CNC(=S)C1=CSC(=C2SC(C)=C(C)S2)S1. The van der Waals surface area contributed by atoms with Crippen LogP contribution in [0.2, 0.25) is 0 Å². The number of rotatable bonds is 1. The van der Waals surface area contributed by atoms with Crippen molar-refractivity contribution in [1.82, 2.24) is 5.32 Å². The monoisotopic (exact) mass is 305 g/mol. The summed E-state index contributed by atoms with van der Waals surface area (Å²) in [4.78, 5) is 4.83. The summed E-state index contributed by atoms with van der Waals surface area (Å²) >= 11 is 12.5. The Hall–Kier alpha value is 0.510. The van der Waals surface area contributed by atoms with Crippen molar-refractivity contribution >= 4 is 64.3 Å². The van der Waals surface area contributed by atoms with Gasteiger partial charge in [-0.25, -0.2) is 0 Å². The number of thiocarbonyl (C=S) groups is 1. The Morgan fingerprint density at radius 2 is 1.75 bits per heavy atom. The number of hydrogen-bond acceptors (Lipinski definition) is 5. The Kier molecular flexibility index (Phi) is 4.40. The quantitative estimate of drug-likeness (QED) is 0.699. The van der Waals surface area contributed by atoms with Crippen molar-refractivity contribution in [2.24, 2.45) is 0 Å². The highest BCUT2D eigenvalue weighted by Gasteiger charge is 2.24. The van der Waals surface area contributed by atoms with E-state index >= 15 is 0 Å². The standard InChI is InChI=1S/C10H11NS5/c1-5-6(2)15-10(14-5)9-13-4-7(16-9)8(12)11-3/h4H,1-3H3,(H,11,12). The highest BCUT2D eigenvalue weighted by molar-refractivity contribution is 8.34. The van der Waals surface area contributed by atoms with Crippen molar-refractivity contribution in [2.75, 3.05) is 7.05 Å². The van der Waals surface area contributed by atoms with Gasteiger partial charge in [0.05, 0.1) is 13.4 Å². The van der Waals surface area contributed by atoms with E-state index in [2.05, 4.69) is 24.6 Å². The van der Waals surface area contributed by atoms with Gasteiger partial charge in [0.2, 0.25) is 0 Å². The maximum atomic E-state index is 5.23. The van der Waals surface area contributed by atoms with E-state index in [1.54, 1.807) is 23.5 Å². The van der Waals surface area contributed by atoms with Crippen LogP contribution < -0.4 is 5.32 Å². The second-order valence-corrected chi connectivity index (χ2v) is 8.48. The molecule has 0 bridgehead atoms. The van der Waals surface area contributed by atoms with Crippen molar-refractivity contribution < 1.29 is 0 Å². The number of nitrogens with one attached hydrogen (secondary N) is 1. The molecule has 0 radical (unpaired) electrons. The predicted octanol–water partition coefficient (Wildman–Crippen LogP) is 4.71. The Bertz CT molecular complexity index is 416. The van der Waals surface area contributed by atoms with Crippen LogP contribution in [-0.2, 0) is 0 Å². The first-order valence-corrected chi connectivity index (χ1v) is 8.39. The van der Waals surface area contributed by atoms with E-state index in [1.807, 2.05) is 30.6 Å². The van der Waals surface area contributed by atoms with Crippen LogP contribution in [0.1, 0.15) is 13.8 Å². The van der Waals surface area contributed by atoms with Crippen LogP contribution in [0.15, 0.2) is 28.6 Å². The van der Waals surface area contributed by atoms with E-state index < -0.39 is 0 Å². The van der Waals surface area contributed by atoms with Gasteiger partial charge in [0.1, 0.15) is 4.99 Å². The Morgan fingerprint density at radius 3 is 2.31 bits per heavy atom.